The van der Waals surface area contributed by atoms with Crippen molar-refractivity contribution in [2.45, 2.75) is 69.9 Å². The Morgan fingerprint density at radius 1 is 1.27 bits per heavy atom. The third-order valence-corrected chi connectivity index (χ3v) is 6.48. The van der Waals surface area contributed by atoms with Crippen LogP contribution in [0, 0.1) is 16.0 Å². The van der Waals surface area contributed by atoms with Gasteiger partial charge >= 0.3 is 0 Å². The number of aldehydes is 1. The van der Waals surface area contributed by atoms with E-state index in [1.54, 1.807) is 0 Å². The molecule has 1 aromatic rings. The summed E-state index contributed by atoms with van der Waals surface area (Å²) in [5.41, 5.74) is 5.53. The molecule has 1 aromatic carbocycles. The second kappa shape index (κ2) is 10.5. The minimum Gasteiger partial charge on any atom is -0.494 e. The molecule has 1 aliphatic heterocycles. The van der Waals surface area contributed by atoms with Crippen molar-refractivity contribution in [2.75, 3.05) is 13.2 Å². The van der Waals surface area contributed by atoms with E-state index in [-0.39, 0.29) is 23.2 Å². The molecule has 1 saturated heterocycles. The fourth-order valence-corrected chi connectivity index (χ4v) is 5.03. The first kappa shape index (κ1) is 22.2. The molecule has 0 bridgehead atoms. The monoisotopic (exact) mass is 417 g/mol. The van der Waals surface area contributed by atoms with Crippen molar-refractivity contribution >= 4 is 17.9 Å². The lowest BCUT2D eigenvalue weighted by Gasteiger charge is -2.47. The van der Waals surface area contributed by atoms with Crippen LogP contribution in [0.15, 0.2) is 18.2 Å². The van der Waals surface area contributed by atoms with Crippen LogP contribution < -0.4 is 10.5 Å². The highest BCUT2D eigenvalue weighted by Crippen LogP contribution is 2.36. The highest BCUT2D eigenvalue weighted by atomic mass is 16.6. The van der Waals surface area contributed by atoms with Gasteiger partial charge in [-0.2, -0.15) is 0 Å². The summed E-state index contributed by atoms with van der Waals surface area (Å²) in [6.45, 7) is 1.36. The summed E-state index contributed by atoms with van der Waals surface area (Å²) in [4.78, 5) is 35.9. The van der Waals surface area contributed by atoms with E-state index in [0.29, 0.717) is 37.0 Å². The molecule has 1 saturated carbocycles. The van der Waals surface area contributed by atoms with Crippen LogP contribution in [0.2, 0.25) is 0 Å². The number of hydrogen-bond donors (Lipinski definition) is 1. The number of hydrogen-bond acceptors (Lipinski definition) is 6. The number of likely N-dealkylation sites (tertiary alicyclic amines) is 1. The maximum absolute atomic E-state index is 12.2. The molecule has 2 fully saturated rings. The molecule has 0 radical (unpaired) electrons. The number of nitrogens with zero attached hydrogens (tertiary/aromatic N) is 2. The number of carbonyl (C=O) groups excluding carboxylic acids is 2. The minimum atomic E-state index is -0.588. The van der Waals surface area contributed by atoms with E-state index < -0.39 is 4.92 Å². The number of nitrogens with two attached hydrogens (primary N) is 1. The van der Waals surface area contributed by atoms with E-state index in [2.05, 4.69) is 4.90 Å². The van der Waals surface area contributed by atoms with E-state index >= 15 is 0 Å². The number of carbonyl (C=O) groups is 2. The summed E-state index contributed by atoms with van der Waals surface area (Å²) in [6, 6.07) is 4.42. The second-order valence-electron chi connectivity index (χ2n) is 8.35. The zero-order valence-electron chi connectivity index (χ0n) is 17.3. The molecule has 0 spiro atoms. The Bertz CT molecular complexity index is 767. The van der Waals surface area contributed by atoms with Crippen LogP contribution in [0.25, 0.3) is 0 Å². The first-order valence-corrected chi connectivity index (χ1v) is 10.9. The van der Waals surface area contributed by atoms with Gasteiger partial charge in [-0.3, -0.25) is 24.6 Å². The first-order chi connectivity index (χ1) is 14.5. The topological polar surface area (TPSA) is 116 Å². The van der Waals surface area contributed by atoms with Gasteiger partial charge in [0, 0.05) is 12.1 Å². The quantitative estimate of drug-likeness (QED) is 0.270. The number of nitro benzene ring substituents is 1. The lowest BCUT2D eigenvalue weighted by molar-refractivity contribution is -0.385. The summed E-state index contributed by atoms with van der Waals surface area (Å²) in [5.74, 6) is 0.884. The van der Waals surface area contributed by atoms with Gasteiger partial charge in [-0.1, -0.05) is 12.8 Å². The minimum absolute atomic E-state index is 0.00146. The van der Waals surface area contributed by atoms with Gasteiger partial charge in [0.25, 0.3) is 5.69 Å². The molecule has 3 atom stereocenters. The van der Waals surface area contributed by atoms with Crippen LogP contribution in [0.4, 0.5) is 5.69 Å². The van der Waals surface area contributed by atoms with E-state index in [1.165, 1.54) is 43.9 Å². The predicted octanol–water partition coefficient (Wildman–Crippen LogP) is 3.46. The Morgan fingerprint density at radius 3 is 2.77 bits per heavy atom. The van der Waals surface area contributed by atoms with Gasteiger partial charge in [-0.05, 0) is 69.5 Å². The molecular formula is C22H31N3O5. The Labute approximate surface area is 176 Å². The maximum atomic E-state index is 12.2. The third-order valence-electron chi connectivity index (χ3n) is 6.48. The van der Waals surface area contributed by atoms with E-state index in [4.69, 9.17) is 10.5 Å². The fraction of sp³-hybridized carbons (Fsp3) is 0.636. The number of primary amides is 1. The van der Waals surface area contributed by atoms with Gasteiger partial charge in [0.15, 0.2) is 6.29 Å². The SMILES string of the molecule is NC(=O)C(CCCCOc1ccc([N+](=O)[O-])c(C=O)c1)N1CCCC2CCCCC21. The number of unbranched alkanes of at least 4 members (excludes halogenated alkanes) is 1. The van der Waals surface area contributed by atoms with E-state index in [9.17, 15) is 19.7 Å². The van der Waals surface area contributed by atoms with Crippen LogP contribution >= 0.6 is 0 Å². The van der Waals surface area contributed by atoms with Crippen molar-refractivity contribution in [3.8, 4) is 5.75 Å². The molecule has 0 aromatic heterocycles. The summed E-state index contributed by atoms with van der Waals surface area (Å²) < 4.78 is 5.65. The maximum Gasteiger partial charge on any atom is 0.280 e. The van der Waals surface area contributed by atoms with Crippen LogP contribution in [-0.4, -0.2) is 47.3 Å². The average molecular weight is 418 g/mol. The lowest BCUT2D eigenvalue weighted by atomic mass is 9.77. The smallest absolute Gasteiger partial charge is 0.280 e. The average Bonchev–Trinajstić information content (AvgIpc) is 2.75. The van der Waals surface area contributed by atoms with Gasteiger partial charge in [-0.25, -0.2) is 0 Å². The van der Waals surface area contributed by atoms with E-state index in [1.807, 2.05) is 0 Å². The number of fused-ring (bicyclic) bond motifs is 1. The highest BCUT2D eigenvalue weighted by molar-refractivity contribution is 5.82. The molecule has 3 rings (SSSR count). The zero-order valence-corrected chi connectivity index (χ0v) is 17.3. The number of piperidine rings is 1. The summed E-state index contributed by atoms with van der Waals surface area (Å²) in [7, 11) is 0. The van der Waals surface area contributed by atoms with Crippen LogP contribution in [0.5, 0.6) is 5.75 Å². The number of benzene rings is 1. The van der Waals surface area contributed by atoms with Gasteiger partial charge in [0.2, 0.25) is 5.91 Å². The zero-order chi connectivity index (χ0) is 21.5. The van der Waals surface area contributed by atoms with Crippen molar-refractivity contribution in [3.05, 3.63) is 33.9 Å². The molecule has 30 heavy (non-hydrogen) atoms. The first-order valence-electron chi connectivity index (χ1n) is 10.9. The molecule has 1 amide bonds. The standard InChI is InChI=1S/C22H31N3O5/c23-22(27)21(24-12-5-7-16-6-1-2-8-19(16)24)9-3-4-13-30-18-10-11-20(25(28)29)17(14-18)15-26/h10-11,14-16,19,21H,1-9,12-13H2,(H2,23,27). The molecule has 1 heterocycles. The third kappa shape index (κ3) is 5.36. The normalized spacial score (nSPS) is 22.7. The summed E-state index contributed by atoms with van der Waals surface area (Å²) in [6.07, 6.45) is 10.0. The molecule has 164 valence electrons. The van der Waals surface area contributed by atoms with Crippen molar-refractivity contribution in [1.29, 1.82) is 0 Å². The van der Waals surface area contributed by atoms with Crippen molar-refractivity contribution in [1.82, 2.24) is 4.90 Å². The molecule has 2 aliphatic rings. The Morgan fingerprint density at radius 2 is 2.03 bits per heavy atom. The Kier molecular flexibility index (Phi) is 7.79. The number of nitro groups is 1. The Balaban J connectivity index is 1.49. The Hall–Kier alpha value is -2.48. The van der Waals surface area contributed by atoms with Gasteiger partial charge in [0.05, 0.1) is 23.1 Å². The highest BCUT2D eigenvalue weighted by Gasteiger charge is 2.38. The molecule has 3 unspecified atom stereocenters. The molecule has 2 N–H and O–H groups in total. The van der Waals surface area contributed by atoms with Gasteiger partial charge in [-0.15, -0.1) is 0 Å². The number of rotatable bonds is 10. The number of ether oxygens (including phenoxy) is 1. The predicted molar refractivity (Wildman–Crippen MR) is 112 cm³/mol. The van der Waals surface area contributed by atoms with E-state index in [0.717, 1.165) is 32.2 Å². The number of amides is 1. The molecule has 8 heteroatoms. The van der Waals surface area contributed by atoms with Crippen LogP contribution in [0.3, 0.4) is 0 Å². The van der Waals surface area contributed by atoms with Crippen molar-refractivity contribution in [2.24, 2.45) is 11.7 Å². The molecular weight excluding hydrogens is 386 g/mol. The van der Waals surface area contributed by atoms with Crippen LogP contribution in [-0.2, 0) is 4.79 Å². The van der Waals surface area contributed by atoms with Crippen molar-refractivity contribution in [3.63, 3.8) is 0 Å². The molecule has 8 nitrogen and oxygen atoms in total. The van der Waals surface area contributed by atoms with Crippen molar-refractivity contribution < 1.29 is 19.2 Å². The van der Waals surface area contributed by atoms with Crippen LogP contribution in [0.1, 0.15) is 68.1 Å². The summed E-state index contributed by atoms with van der Waals surface area (Å²) >= 11 is 0. The molecule has 1 aliphatic carbocycles. The summed E-state index contributed by atoms with van der Waals surface area (Å²) in [5, 5.41) is 10.9. The lowest BCUT2D eigenvalue weighted by Crippen LogP contribution is -2.55. The van der Waals surface area contributed by atoms with Gasteiger partial charge in [0.1, 0.15) is 5.75 Å². The second-order valence-corrected chi connectivity index (χ2v) is 8.35. The largest absolute Gasteiger partial charge is 0.494 e. The fourth-order valence-electron chi connectivity index (χ4n) is 5.03. The van der Waals surface area contributed by atoms with Gasteiger partial charge < -0.3 is 10.5 Å².